The first-order valence-electron chi connectivity index (χ1n) is 6.84. The van der Waals surface area contributed by atoms with Gasteiger partial charge in [0.05, 0.1) is 5.02 Å². The second-order valence-corrected chi connectivity index (χ2v) is 5.71. The molecule has 1 aliphatic heterocycles. The number of carbonyl (C=O) groups is 1. The van der Waals surface area contributed by atoms with Gasteiger partial charge >= 0.3 is 0 Å². The van der Waals surface area contributed by atoms with Gasteiger partial charge in [0.15, 0.2) is 11.5 Å². The monoisotopic (exact) mass is 360 g/mol. The number of rotatable bonds is 3. The highest BCUT2D eigenvalue weighted by atomic mass is 35.5. The average molecular weight is 361 g/mol. The third-order valence-electron chi connectivity index (χ3n) is 3.23. The van der Waals surface area contributed by atoms with Gasteiger partial charge in [0.1, 0.15) is 11.6 Å². The van der Waals surface area contributed by atoms with Gasteiger partial charge in [0.25, 0.3) is 5.91 Å². The van der Waals surface area contributed by atoms with E-state index < -0.39 is 5.91 Å². The van der Waals surface area contributed by atoms with Crippen molar-refractivity contribution in [3.63, 3.8) is 0 Å². The van der Waals surface area contributed by atoms with Gasteiger partial charge in [0, 0.05) is 10.7 Å². The van der Waals surface area contributed by atoms with Gasteiger partial charge in [-0.15, -0.1) is 0 Å². The molecule has 0 radical (unpaired) electrons. The molecule has 24 heavy (non-hydrogen) atoms. The van der Waals surface area contributed by atoms with Crippen LogP contribution in [-0.4, -0.2) is 12.7 Å². The van der Waals surface area contributed by atoms with Crippen LogP contribution in [0.3, 0.4) is 0 Å². The zero-order chi connectivity index (χ0) is 17.1. The van der Waals surface area contributed by atoms with E-state index >= 15 is 0 Å². The van der Waals surface area contributed by atoms with Crippen LogP contribution in [0.15, 0.2) is 42.0 Å². The first-order valence-corrected chi connectivity index (χ1v) is 7.60. The Morgan fingerprint density at radius 1 is 1.21 bits per heavy atom. The van der Waals surface area contributed by atoms with Gasteiger partial charge in [0.2, 0.25) is 6.79 Å². The summed E-state index contributed by atoms with van der Waals surface area (Å²) in [6.07, 6.45) is 1.43. The van der Waals surface area contributed by atoms with Crippen LogP contribution in [0.25, 0.3) is 6.08 Å². The Kier molecular flexibility index (Phi) is 4.61. The summed E-state index contributed by atoms with van der Waals surface area (Å²) in [6, 6.07) is 11.7. The average Bonchev–Trinajstić information content (AvgIpc) is 3.03. The maximum Gasteiger partial charge on any atom is 0.266 e. The van der Waals surface area contributed by atoms with E-state index in [0.717, 1.165) is 0 Å². The lowest BCUT2D eigenvalue weighted by atomic mass is 10.1. The van der Waals surface area contributed by atoms with Crippen molar-refractivity contribution in [2.75, 3.05) is 12.1 Å². The van der Waals surface area contributed by atoms with Crippen molar-refractivity contribution in [2.24, 2.45) is 0 Å². The minimum Gasteiger partial charge on any atom is -0.454 e. The highest BCUT2D eigenvalue weighted by Crippen LogP contribution is 2.40. The number of nitriles is 1. The van der Waals surface area contributed by atoms with Crippen molar-refractivity contribution < 1.29 is 14.3 Å². The number of carbonyl (C=O) groups excluding carboxylic acids is 1. The zero-order valence-corrected chi connectivity index (χ0v) is 13.7. The van der Waals surface area contributed by atoms with Gasteiger partial charge in [-0.2, -0.15) is 5.26 Å². The van der Waals surface area contributed by atoms with E-state index in [1.54, 1.807) is 36.4 Å². The molecule has 0 spiro atoms. The lowest BCUT2D eigenvalue weighted by Gasteiger charge is -2.05. The van der Waals surface area contributed by atoms with Crippen LogP contribution in [0.1, 0.15) is 5.56 Å². The summed E-state index contributed by atoms with van der Waals surface area (Å²) in [5, 5.41) is 12.8. The molecular formula is C17H10Cl2N2O3. The largest absolute Gasteiger partial charge is 0.454 e. The summed E-state index contributed by atoms with van der Waals surface area (Å²) >= 11 is 11.9. The van der Waals surface area contributed by atoms with E-state index in [-0.39, 0.29) is 12.4 Å². The van der Waals surface area contributed by atoms with Gasteiger partial charge < -0.3 is 14.8 Å². The van der Waals surface area contributed by atoms with Crippen molar-refractivity contribution in [1.82, 2.24) is 0 Å². The predicted molar refractivity (Wildman–Crippen MR) is 91.2 cm³/mol. The minimum absolute atomic E-state index is 0.0696. The van der Waals surface area contributed by atoms with Gasteiger partial charge in [-0.05, 0) is 48.0 Å². The molecule has 2 aromatic carbocycles. The maximum absolute atomic E-state index is 12.2. The second-order valence-electron chi connectivity index (χ2n) is 4.87. The fourth-order valence-electron chi connectivity index (χ4n) is 2.12. The van der Waals surface area contributed by atoms with Gasteiger partial charge in [-0.3, -0.25) is 4.79 Å². The van der Waals surface area contributed by atoms with E-state index in [2.05, 4.69) is 5.32 Å². The number of amides is 1. The molecule has 0 saturated heterocycles. The number of ether oxygens (including phenoxy) is 2. The van der Waals surface area contributed by atoms with Crippen molar-refractivity contribution in [3.05, 3.63) is 57.6 Å². The van der Waals surface area contributed by atoms with Crippen LogP contribution in [-0.2, 0) is 4.79 Å². The lowest BCUT2D eigenvalue weighted by molar-refractivity contribution is -0.112. The molecule has 1 heterocycles. The molecule has 0 saturated carbocycles. The van der Waals surface area contributed by atoms with Crippen LogP contribution in [0.4, 0.5) is 5.69 Å². The smallest absolute Gasteiger partial charge is 0.266 e. The molecule has 120 valence electrons. The summed E-state index contributed by atoms with van der Waals surface area (Å²) in [7, 11) is 0. The Bertz CT molecular complexity index is 871. The molecule has 1 N–H and O–H groups in total. The molecule has 2 aromatic rings. The molecule has 0 aromatic heterocycles. The molecule has 0 unspecified atom stereocenters. The van der Waals surface area contributed by atoms with Crippen LogP contribution in [0, 0.1) is 11.3 Å². The second kappa shape index (κ2) is 6.83. The number of hydrogen-bond acceptors (Lipinski definition) is 4. The molecule has 0 bridgehead atoms. The number of nitrogens with zero attached hydrogens (tertiary/aromatic N) is 1. The fraction of sp³-hybridized carbons (Fsp3) is 0.0588. The van der Waals surface area contributed by atoms with Crippen molar-refractivity contribution in [2.45, 2.75) is 0 Å². The molecule has 0 aliphatic carbocycles. The van der Waals surface area contributed by atoms with Crippen molar-refractivity contribution in [3.8, 4) is 17.6 Å². The molecule has 0 atom stereocenters. The molecule has 3 rings (SSSR count). The van der Waals surface area contributed by atoms with Crippen molar-refractivity contribution >= 4 is 40.9 Å². The van der Waals surface area contributed by atoms with E-state index in [1.165, 1.54) is 6.08 Å². The third kappa shape index (κ3) is 3.46. The number of benzene rings is 2. The first-order chi connectivity index (χ1) is 11.6. The van der Waals surface area contributed by atoms with E-state index in [4.69, 9.17) is 32.7 Å². The number of nitrogens with one attached hydrogen (secondary N) is 1. The number of hydrogen-bond donors (Lipinski definition) is 1. The molecular weight excluding hydrogens is 351 g/mol. The molecule has 7 heteroatoms. The first kappa shape index (κ1) is 16.2. The van der Waals surface area contributed by atoms with E-state index in [9.17, 15) is 10.1 Å². The number of anilines is 1. The zero-order valence-electron chi connectivity index (χ0n) is 12.2. The maximum atomic E-state index is 12.2. The Hall–Kier alpha value is -2.68. The number of halogens is 2. The third-order valence-corrected chi connectivity index (χ3v) is 3.76. The SMILES string of the molecule is N#C/C(=C\c1cc(Cl)c2c(c1)OCO2)C(=O)Nc1ccc(Cl)cc1. The summed E-state index contributed by atoms with van der Waals surface area (Å²) < 4.78 is 10.5. The van der Waals surface area contributed by atoms with Gasteiger partial charge in [-0.25, -0.2) is 0 Å². The van der Waals surface area contributed by atoms with Crippen LogP contribution in [0.5, 0.6) is 11.5 Å². The summed E-state index contributed by atoms with van der Waals surface area (Å²) in [4.78, 5) is 12.2. The van der Waals surface area contributed by atoms with Crippen LogP contribution >= 0.6 is 23.2 Å². The topological polar surface area (TPSA) is 71.3 Å². The molecule has 0 fully saturated rings. The van der Waals surface area contributed by atoms with Crippen LogP contribution < -0.4 is 14.8 Å². The molecule has 1 aliphatic rings. The predicted octanol–water partition coefficient (Wildman–Crippen LogP) is 4.27. The summed E-state index contributed by atoms with van der Waals surface area (Å²) in [5.74, 6) is 0.399. The fourth-order valence-corrected chi connectivity index (χ4v) is 2.52. The van der Waals surface area contributed by atoms with Gasteiger partial charge in [-0.1, -0.05) is 23.2 Å². The Morgan fingerprint density at radius 3 is 2.67 bits per heavy atom. The van der Waals surface area contributed by atoms with Crippen LogP contribution in [0.2, 0.25) is 10.0 Å². The Labute approximate surface area is 148 Å². The molecule has 5 nitrogen and oxygen atoms in total. The quantitative estimate of drug-likeness (QED) is 0.655. The normalized spacial score (nSPS) is 12.6. The Balaban J connectivity index is 1.84. The standard InChI is InChI=1S/C17H10Cl2N2O3/c18-12-1-3-13(4-2-12)21-17(22)11(8-20)5-10-6-14(19)16-15(7-10)23-9-24-16/h1-7H,9H2,(H,21,22)/b11-5+. The Morgan fingerprint density at radius 2 is 1.96 bits per heavy atom. The van der Waals surface area contributed by atoms with E-state index in [1.807, 2.05) is 6.07 Å². The number of fused-ring (bicyclic) bond motifs is 1. The highest BCUT2D eigenvalue weighted by molar-refractivity contribution is 6.32. The summed E-state index contributed by atoms with van der Waals surface area (Å²) in [6.45, 7) is 0.0877. The highest BCUT2D eigenvalue weighted by Gasteiger charge is 2.18. The summed E-state index contributed by atoms with van der Waals surface area (Å²) in [5.41, 5.74) is 1.03. The van der Waals surface area contributed by atoms with E-state index in [0.29, 0.717) is 32.8 Å². The van der Waals surface area contributed by atoms with Crippen molar-refractivity contribution in [1.29, 1.82) is 5.26 Å². The lowest BCUT2D eigenvalue weighted by Crippen LogP contribution is -2.13. The molecule has 1 amide bonds. The minimum atomic E-state index is -0.534.